The van der Waals surface area contributed by atoms with Crippen molar-refractivity contribution in [2.45, 2.75) is 31.1 Å². The number of nitrogens with one attached hydrogen (secondary N) is 1. The molecule has 9 nitrogen and oxygen atoms in total. The van der Waals surface area contributed by atoms with E-state index in [0.717, 1.165) is 51.1 Å². The van der Waals surface area contributed by atoms with Crippen molar-refractivity contribution in [1.29, 1.82) is 0 Å². The minimum atomic E-state index is -3.71. The normalized spacial score (nSPS) is 17.6. The van der Waals surface area contributed by atoms with Crippen molar-refractivity contribution >= 4 is 33.1 Å². The molecule has 0 atom stereocenters. The molecule has 36 heavy (non-hydrogen) atoms. The first-order chi connectivity index (χ1) is 17.3. The van der Waals surface area contributed by atoms with Gasteiger partial charge >= 0.3 is 0 Å². The van der Waals surface area contributed by atoms with Crippen LogP contribution < -0.4 is 15.0 Å². The molecular formula is C26H34N4O5S. The summed E-state index contributed by atoms with van der Waals surface area (Å²) in [6.07, 6.45) is 2.71. The molecule has 2 heterocycles. The predicted molar refractivity (Wildman–Crippen MR) is 139 cm³/mol. The van der Waals surface area contributed by atoms with Gasteiger partial charge in [-0.3, -0.25) is 14.5 Å². The van der Waals surface area contributed by atoms with Crippen molar-refractivity contribution in [3.8, 4) is 5.75 Å². The van der Waals surface area contributed by atoms with Crippen LogP contribution in [0, 0.1) is 0 Å². The maximum Gasteiger partial charge on any atom is 0.246 e. The van der Waals surface area contributed by atoms with E-state index in [0.29, 0.717) is 24.3 Å². The van der Waals surface area contributed by atoms with Crippen LogP contribution in [0.5, 0.6) is 5.75 Å². The topological polar surface area (TPSA) is 99.3 Å². The molecule has 0 bridgehead atoms. The first-order valence-electron chi connectivity index (χ1n) is 12.3. The Morgan fingerprint density at radius 3 is 2.19 bits per heavy atom. The molecule has 0 aliphatic carbocycles. The summed E-state index contributed by atoms with van der Waals surface area (Å²) < 4.78 is 33.3. The number of carbonyl (C=O) groups is 2. The van der Waals surface area contributed by atoms with E-state index in [1.54, 1.807) is 19.1 Å². The summed E-state index contributed by atoms with van der Waals surface area (Å²) in [6.45, 7) is 5.75. The number of carbonyl (C=O) groups excluding carboxylic acids is 2. The van der Waals surface area contributed by atoms with Gasteiger partial charge in [-0.1, -0.05) is 6.42 Å². The van der Waals surface area contributed by atoms with E-state index in [1.807, 2.05) is 24.3 Å². The van der Waals surface area contributed by atoms with Gasteiger partial charge < -0.3 is 15.0 Å². The van der Waals surface area contributed by atoms with Gasteiger partial charge in [-0.05, 0) is 62.2 Å². The van der Waals surface area contributed by atoms with Gasteiger partial charge in [-0.25, -0.2) is 8.42 Å². The number of ether oxygens (including phenoxy) is 1. The molecule has 1 amide bonds. The first-order valence-corrected chi connectivity index (χ1v) is 13.8. The number of Topliss-reactive ketones (excluding diaryl/α,β-unsaturated/α-hetero) is 1. The average Bonchev–Trinajstić information content (AvgIpc) is 2.89. The number of amides is 1. The zero-order chi connectivity index (χ0) is 25.7. The van der Waals surface area contributed by atoms with Gasteiger partial charge in [0, 0.05) is 56.2 Å². The fourth-order valence-electron chi connectivity index (χ4n) is 4.68. The zero-order valence-electron chi connectivity index (χ0n) is 20.9. The summed E-state index contributed by atoms with van der Waals surface area (Å²) >= 11 is 0. The Labute approximate surface area is 213 Å². The molecule has 1 N–H and O–H groups in total. The number of rotatable bonds is 8. The minimum absolute atomic E-state index is 0.0467. The molecule has 194 valence electrons. The lowest BCUT2D eigenvalue weighted by molar-refractivity contribution is -0.117. The lowest BCUT2D eigenvalue weighted by Crippen LogP contribution is -2.48. The largest absolute Gasteiger partial charge is 0.495 e. The Morgan fingerprint density at radius 1 is 0.917 bits per heavy atom. The Hall–Kier alpha value is -2.95. The van der Waals surface area contributed by atoms with Gasteiger partial charge in [-0.15, -0.1) is 0 Å². The molecule has 0 unspecified atom stereocenters. The highest BCUT2D eigenvalue weighted by Crippen LogP contribution is 2.31. The maximum atomic E-state index is 13.2. The summed E-state index contributed by atoms with van der Waals surface area (Å²) in [6, 6.07) is 12.3. The van der Waals surface area contributed by atoms with E-state index >= 15 is 0 Å². The van der Waals surface area contributed by atoms with E-state index < -0.39 is 10.0 Å². The molecule has 2 fully saturated rings. The highest BCUT2D eigenvalue weighted by atomic mass is 32.2. The van der Waals surface area contributed by atoms with Gasteiger partial charge in [0.05, 0.1) is 13.7 Å². The Bertz CT molecular complexity index is 1190. The number of piperidine rings is 1. The van der Waals surface area contributed by atoms with Crippen molar-refractivity contribution in [2.24, 2.45) is 0 Å². The molecule has 0 saturated carbocycles. The summed E-state index contributed by atoms with van der Waals surface area (Å²) in [7, 11) is -2.26. The molecule has 2 saturated heterocycles. The Kier molecular flexibility index (Phi) is 8.28. The van der Waals surface area contributed by atoms with E-state index in [4.69, 9.17) is 4.74 Å². The molecule has 4 rings (SSSR count). The van der Waals surface area contributed by atoms with Gasteiger partial charge in [0.25, 0.3) is 0 Å². The van der Waals surface area contributed by atoms with Crippen molar-refractivity contribution < 1.29 is 22.7 Å². The van der Waals surface area contributed by atoms with Crippen molar-refractivity contribution in [3.05, 3.63) is 48.0 Å². The first kappa shape index (κ1) is 26.1. The quantitative estimate of drug-likeness (QED) is 0.541. The van der Waals surface area contributed by atoms with Crippen molar-refractivity contribution in [2.75, 3.05) is 63.1 Å². The second-order valence-electron chi connectivity index (χ2n) is 9.24. The summed E-state index contributed by atoms with van der Waals surface area (Å²) in [5.74, 6) is 0.122. The lowest BCUT2D eigenvalue weighted by atomic mass is 10.1. The number of anilines is 2. The molecule has 0 spiro atoms. The Balaban J connectivity index is 1.35. The van der Waals surface area contributed by atoms with Crippen molar-refractivity contribution in [1.82, 2.24) is 9.21 Å². The number of hydrogen-bond donors (Lipinski definition) is 1. The highest BCUT2D eigenvalue weighted by molar-refractivity contribution is 7.89. The van der Waals surface area contributed by atoms with E-state index in [1.165, 1.54) is 17.5 Å². The van der Waals surface area contributed by atoms with Gasteiger partial charge in [0.15, 0.2) is 5.78 Å². The zero-order valence-corrected chi connectivity index (χ0v) is 21.7. The number of piperazine rings is 1. The van der Waals surface area contributed by atoms with Crippen LogP contribution in [-0.2, 0) is 14.8 Å². The highest BCUT2D eigenvalue weighted by Gasteiger charge is 2.29. The summed E-state index contributed by atoms with van der Waals surface area (Å²) in [4.78, 5) is 28.6. The predicted octanol–water partition coefficient (Wildman–Crippen LogP) is 2.83. The number of methoxy groups -OCH3 is 1. The van der Waals surface area contributed by atoms with Crippen LogP contribution in [0.2, 0.25) is 0 Å². The number of hydrogen-bond acceptors (Lipinski definition) is 7. The molecule has 2 aromatic carbocycles. The van der Waals surface area contributed by atoms with Crippen LogP contribution in [0.4, 0.5) is 11.4 Å². The second kappa shape index (κ2) is 11.4. The van der Waals surface area contributed by atoms with Crippen LogP contribution in [0.25, 0.3) is 0 Å². The van der Waals surface area contributed by atoms with E-state index in [2.05, 4.69) is 15.1 Å². The molecule has 10 heteroatoms. The maximum absolute atomic E-state index is 13.2. The van der Waals surface area contributed by atoms with Crippen molar-refractivity contribution in [3.63, 3.8) is 0 Å². The van der Waals surface area contributed by atoms with Crippen LogP contribution >= 0.6 is 0 Å². The summed E-state index contributed by atoms with van der Waals surface area (Å²) in [5.41, 5.74) is 2.19. The van der Waals surface area contributed by atoms with Crippen LogP contribution in [0.15, 0.2) is 47.4 Å². The number of ketones is 1. The Morgan fingerprint density at radius 2 is 1.58 bits per heavy atom. The molecular weight excluding hydrogens is 480 g/mol. The van der Waals surface area contributed by atoms with Crippen LogP contribution in [0.1, 0.15) is 36.5 Å². The monoisotopic (exact) mass is 514 g/mol. The lowest BCUT2D eigenvalue weighted by Gasteiger charge is -2.35. The molecule has 0 aromatic heterocycles. The minimum Gasteiger partial charge on any atom is -0.495 e. The average molecular weight is 515 g/mol. The van der Waals surface area contributed by atoms with Crippen LogP contribution in [-0.4, -0.2) is 82.2 Å². The summed E-state index contributed by atoms with van der Waals surface area (Å²) in [5, 5.41) is 2.85. The standard InChI is InChI=1S/C26H34N4O5S/c1-20(31)21-6-9-23(10-7-21)29-16-14-28(15-17-29)19-26(32)27-22-8-11-24(35-2)25(18-22)36(33,34)30-12-4-3-5-13-30/h6-11,18H,3-5,12-17,19H2,1-2H3,(H,27,32). The molecule has 2 aliphatic heterocycles. The number of benzene rings is 2. The van der Waals surface area contributed by atoms with E-state index in [-0.39, 0.29) is 28.9 Å². The second-order valence-corrected chi connectivity index (χ2v) is 11.2. The fraction of sp³-hybridized carbons (Fsp3) is 0.462. The third-order valence-corrected chi connectivity index (χ3v) is 8.68. The number of sulfonamides is 1. The molecule has 0 radical (unpaired) electrons. The smallest absolute Gasteiger partial charge is 0.246 e. The molecule has 2 aromatic rings. The third kappa shape index (κ3) is 6.05. The van der Waals surface area contributed by atoms with Crippen LogP contribution in [0.3, 0.4) is 0 Å². The SMILES string of the molecule is COc1ccc(NC(=O)CN2CCN(c3ccc(C(C)=O)cc3)CC2)cc1S(=O)(=O)N1CCCCC1. The van der Waals surface area contributed by atoms with E-state index in [9.17, 15) is 18.0 Å². The van der Waals surface area contributed by atoms with Gasteiger partial charge in [0.2, 0.25) is 15.9 Å². The number of nitrogens with zero attached hydrogens (tertiary/aromatic N) is 3. The molecule has 2 aliphatic rings. The van der Waals surface area contributed by atoms with Gasteiger partial charge in [0.1, 0.15) is 10.6 Å². The third-order valence-electron chi connectivity index (χ3n) is 6.76. The van der Waals surface area contributed by atoms with Gasteiger partial charge in [-0.2, -0.15) is 4.31 Å². The fourth-order valence-corrected chi connectivity index (χ4v) is 6.37.